The summed E-state index contributed by atoms with van der Waals surface area (Å²) in [6.45, 7) is 2.08. The number of fused-ring (bicyclic) bond motifs is 1. The summed E-state index contributed by atoms with van der Waals surface area (Å²) >= 11 is 1.45. The second-order valence-corrected chi connectivity index (χ2v) is 6.82. The highest BCUT2D eigenvalue weighted by Crippen LogP contribution is 2.22. The Morgan fingerprint density at radius 3 is 2.87 bits per heavy atom. The van der Waals surface area contributed by atoms with Crippen molar-refractivity contribution in [2.45, 2.75) is 13.0 Å². The summed E-state index contributed by atoms with van der Waals surface area (Å²) in [7, 11) is 4.19. The molecule has 1 aromatic carbocycles. The molecule has 0 bridgehead atoms. The number of carbonyl (C=O) groups is 1. The van der Waals surface area contributed by atoms with E-state index in [4.69, 9.17) is 0 Å². The van der Waals surface area contributed by atoms with Gasteiger partial charge in [-0.3, -0.25) is 4.79 Å². The van der Waals surface area contributed by atoms with Gasteiger partial charge in [-0.05, 0) is 62.8 Å². The highest BCUT2D eigenvalue weighted by molar-refractivity contribution is 7.12. The number of benzene rings is 1. The number of amides is 1. The van der Waals surface area contributed by atoms with Crippen molar-refractivity contribution in [2.24, 2.45) is 0 Å². The molecule has 0 spiro atoms. The van der Waals surface area contributed by atoms with Crippen LogP contribution in [0.15, 0.2) is 48.0 Å². The SMILES string of the molecule is CN(C)CCCn1ccc2cc(NC(=O)c3cccs3)ccc21. The number of aryl methyl sites for hydroxylation is 1. The number of thiophene rings is 1. The summed E-state index contributed by atoms with van der Waals surface area (Å²) in [4.78, 5) is 15.0. The third kappa shape index (κ3) is 3.81. The van der Waals surface area contributed by atoms with Crippen LogP contribution in [0.2, 0.25) is 0 Å². The average Bonchev–Trinajstić information content (AvgIpc) is 3.16. The lowest BCUT2D eigenvalue weighted by molar-refractivity contribution is 0.103. The van der Waals surface area contributed by atoms with Crippen molar-refractivity contribution in [3.63, 3.8) is 0 Å². The summed E-state index contributed by atoms with van der Waals surface area (Å²) in [5.74, 6) is -0.0511. The van der Waals surface area contributed by atoms with Crippen LogP contribution < -0.4 is 5.32 Å². The zero-order valence-electron chi connectivity index (χ0n) is 13.5. The van der Waals surface area contributed by atoms with Gasteiger partial charge in [-0.1, -0.05) is 6.07 Å². The molecule has 0 saturated carbocycles. The maximum atomic E-state index is 12.1. The molecule has 1 N–H and O–H groups in total. The molecule has 0 atom stereocenters. The Morgan fingerprint density at radius 2 is 2.13 bits per heavy atom. The standard InChI is InChI=1S/C18H21N3OS/c1-20(2)9-4-10-21-11-8-14-13-15(6-7-16(14)21)19-18(22)17-5-3-12-23-17/h3,5-8,11-13H,4,9-10H2,1-2H3,(H,19,22). The first-order chi connectivity index (χ1) is 11.1. The van der Waals surface area contributed by atoms with Gasteiger partial charge in [-0.2, -0.15) is 0 Å². The number of rotatable bonds is 6. The van der Waals surface area contributed by atoms with Crippen LogP contribution in [0.25, 0.3) is 10.9 Å². The van der Waals surface area contributed by atoms with Gasteiger partial charge in [0.15, 0.2) is 0 Å². The van der Waals surface area contributed by atoms with Crippen LogP contribution >= 0.6 is 11.3 Å². The zero-order valence-corrected chi connectivity index (χ0v) is 14.3. The molecule has 1 amide bonds. The van der Waals surface area contributed by atoms with E-state index in [9.17, 15) is 4.79 Å². The normalized spacial score (nSPS) is 11.3. The summed E-state index contributed by atoms with van der Waals surface area (Å²) in [5, 5.41) is 6.02. The van der Waals surface area contributed by atoms with E-state index in [1.807, 2.05) is 29.6 Å². The van der Waals surface area contributed by atoms with E-state index >= 15 is 0 Å². The molecule has 0 aliphatic heterocycles. The number of aromatic nitrogens is 1. The van der Waals surface area contributed by atoms with Gasteiger partial charge >= 0.3 is 0 Å². The van der Waals surface area contributed by atoms with Gasteiger partial charge in [0, 0.05) is 29.3 Å². The molecule has 5 heteroatoms. The van der Waals surface area contributed by atoms with Crippen LogP contribution in [0.4, 0.5) is 5.69 Å². The smallest absolute Gasteiger partial charge is 0.265 e. The Hall–Kier alpha value is -2.11. The zero-order chi connectivity index (χ0) is 16.2. The van der Waals surface area contributed by atoms with Crippen molar-refractivity contribution in [1.82, 2.24) is 9.47 Å². The summed E-state index contributed by atoms with van der Waals surface area (Å²) in [5.41, 5.74) is 2.04. The van der Waals surface area contributed by atoms with E-state index < -0.39 is 0 Å². The molecule has 2 heterocycles. The first kappa shape index (κ1) is 15.8. The third-order valence-electron chi connectivity index (χ3n) is 3.78. The molecule has 0 radical (unpaired) electrons. The van der Waals surface area contributed by atoms with Gasteiger partial charge in [-0.15, -0.1) is 11.3 Å². The monoisotopic (exact) mass is 327 g/mol. The van der Waals surface area contributed by atoms with E-state index in [2.05, 4.69) is 47.2 Å². The Labute approximate surface area is 140 Å². The summed E-state index contributed by atoms with van der Waals surface area (Å²) in [6.07, 6.45) is 3.23. The molecule has 0 aliphatic carbocycles. The number of nitrogens with one attached hydrogen (secondary N) is 1. The topological polar surface area (TPSA) is 37.3 Å². The van der Waals surface area contributed by atoms with E-state index in [1.54, 1.807) is 0 Å². The molecule has 23 heavy (non-hydrogen) atoms. The minimum Gasteiger partial charge on any atom is -0.347 e. The third-order valence-corrected chi connectivity index (χ3v) is 4.65. The molecular weight excluding hydrogens is 306 g/mol. The van der Waals surface area contributed by atoms with Gasteiger partial charge in [0.05, 0.1) is 4.88 Å². The maximum absolute atomic E-state index is 12.1. The van der Waals surface area contributed by atoms with Crippen molar-refractivity contribution < 1.29 is 4.79 Å². The van der Waals surface area contributed by atoms with Gasteiger partial charge in [0.2, 0.25) is 0 Å². The largest absolute Gasteiger partial charge is 0.347 e. The highest BCUT2D eigenvalue weighted by atomic mass is 32.1. The van der Waals surface area contributed by atoms with Crippen molar-refractivity contribution in [2.75, 3.05) is 26.0 Å². The number of anilines is 1. The van der Waals surface area contributed by atoms with Crippen molar-refractivity contribution >= 4 is 33.8 Å². The fourth-order valence-electron chi connectivity index (χ4n) is 2.63. The van der Waals surface area contributed by atoms with E-state index in [1.165, 1.54) is 16.9 Å². The Kier molecular flexibility index (Phi) is 4.79. The van der Waals surface area contributed by atoms with E-state index in [-0.39, 0.29) is 5.91 Å². The van der Waals surface area contributed by atoms with Crippen LogP contribution in [0.1, 0.15) is 16.1 Å². The first-order valence-electron chi connectivity index (χ1n) is 7.72. The second kappa shape index (κ2) is 6.98. The highest BCUT2D eigenvalue weighted by Gasteiger charge is 2.08. The van der Waals surface area contributed by atoms with E-state index in [0.29, 0.717) is 0 Å². The van der Waals surface area contributed by atoms with Gasteiger partial charge in [-0.25, -0.2) is 0 Å². The van der Waals surface area contributed by atoms with Crippen LogP contribution in [-0.2, 0) is 6.54 Å². The predicted octanol–water partition coefficient (Wildman–Crippen LogP) is 3.91. The Balaban J connectivity index is 1.71. The molecule has 4 nitrogen and oxygen atoms in total. The molecule has 0 saturated heterocycles. The van der Waals surface area contributed by atoms with Crippen molar-refractivity contribution in [1.29, 1.82) is 0 Å². The van der Waals surface area contributed by atoms with Crippen LogP contribution in [0.5, 0.6) is 0 Å². The second-order valence-electron chi connectivity index (χ2n) is 5.87. The van der Waals surface area contributed by atoms with Gasteiger partial charge < -0.3 is 14.8 Å². The molecule has 3 rings (SSSR count). The minimum absolute atomic E-state index is 0.0511. The van der Waals surface area contributed by atoms with Gasteiger partial charge in [0.25, 0.3) is 5.91 Å². The summed E-state index contributed by atoms with van der Waals surface area (Å²) in [6, 6.07) is 11.9. The molecular formula is C18H21N3OS. The quantitative estimate of drug-likeness (QED) is 0.745. The Bertz CT molecular complexity index is 790. The average molecular weight is 327 g/mol. The molecule has 3 aromatic rings. The minimum atomic E-state index is -0.0511. The van der Waals surface area contributed by atoms with Crippen LogP contribution in [0.3, 0.4) is 0 Å². The Morgan fingerprint density at radius 1 is 1.26 bits per heavy atom. The van der Waals surface area contributed by atoms with Crippen molar-refractivity contribution in [3.05, 3.63) is 52.9 Å². The predicted molar refractivity (Wildman–Crippen MR) is 97.4 cm³/mol. The lowest BCUT2D eigenvalue weighted by Crippen LogP contribution is -2.14. The van der Waals surface area contributed by atoms with E-state index in [0.717, 1.165) is 35.5 Å². The summed E-state index contributed by atoms with van der Waals surface area (Å²) < 4.78 is 2.27. The molecule has 0 fully saturated rings. The number of nitrogens with zero attached hydrogens (tertiary/aromatic N) is 2. The van der Waals surface area contributed by atoms with Crippen LogP contribution in [0, 0.1) is 0 Å². The van der Waals surface area contributed by atoms with Crippen molar-refractivity contribution in [3.8, 4) is 0 Å². The molecule has 0 unspecified atom stereocenters. The molecule has 2 aromatic heterocycles. The van der Waals surface area contributed by atoms with Crippen LogP contribution in [-0.4, -0.2) is 36.0 Å². The lowest BCUT2D eigenvalue weighted by Gasteiger charge is -2.11. The maximum Gasteiger partial charge on any atom is 0.265 e. The van der Waals surface area contributed by atoms with Gasteiger partial charge in [0.1, 0.15) is 0 Å². The number of carbonyl (C=O) groups excluding carboxylic acids is 1. The lowest BCUT2D eigenvalue weighted by atomic mass is 10.2. The fourth-order valence-corrected chi connectivity index (χ4v) is 3.25. The number of hydrogen-bond acceptors (Lipinski definition) is 3. The molecule has 0 aliphatic rings. The fraction of sp³-hybridized carbons (Fsp3) is 0.278. The number of hydrogen-bond donors (Lipinski definition) is 1. The molecule has 120 valence electrons. The first-order valence-corrected chi connectivity index (χ1v) is 8.60.